The van der Waals surface area contributed by atoms with Crippen LogP contribution < -0.4 is 0 Å². The van der Waals surface area contributed by atoms with E-state index in [9.17, 15) is 0 Å². The lowest BCUT2D eigenvalue weighted by molar-refractivity contribution is 0.328. The van der Waals surface area contributed by atoms with Crippen LogP contribution >= 0.6 is 15.9 Å². The van der Waals surface area contributed by atoms with E-state index in [1.807, 2.05) is 0 Å². The molecule has 0 amide bonds. The van der Waals surface area contributed by atoms with E-state index in [1.165, 1.54) is 44.2 Å². The molecule has 1 aromatic rings. The van der Waals surface area contributed by atoms with Gasteiger partial charge in [-0.1, -0.05) is 49.0 Å². The molecule has 18 heavy (non-hydrogen) atoms. The minimum absolute atomic E-state index is 0.609. The molecule has 0 aromatic carbocycles. The van der Waals surface area contributed by atoms with Gasteiger partial charge in [0.05, 0.1) is 11.7 Å². The Morgan fingerprint density at radius 3 is 2.72 bits per heavy atom. The van der Waals surface area contributed by atoms with Crippen LogP contribution in [0.15, 0.2) is 12.3 Å². The summed E-state index contributed by atoms with van der Waals surface area (Å²) in [5.74, 6) is 0.699. The Morgan fingerprint density at radius 2 is 2.06 bits per heavy atom. The summed E-state index contributed by atoms with van der Waals surface area (Å²) in [7, 11) is 0. The smallest absolute Gasteiger partial charge is 0.0625 e. The van der Waals surface area contributed by atoms with E-state index in [1.54, 1.807) is 0 Å². The predicted molar refractivity (Wildman–Crippen MR) is 80.2 cm³/mol. The van der Waals surface area contributed by atoms with E-state index >= 15 is 0 Å². The standard InChI is InChI=1S/C15H25BrN2/c1-12(2)15(16)9-8-13-10-11-18(17-13)14-6-4-3-5-7-14/h10-12,14-15H,3-9H2,1-2H3. The minimum Gasteiger partial charge on any atom is -0.269 e. The maximum absolute atomic E-state index is 4.76. The molecule has 1 saturated carbocycles. The van der Waals surface area contributed by atoms with Gasteiger partial charge in [0.1, 0.15) is 0 Å². The molecule has 1 fully saturated rings. The molecule has 1 heterocycles. The molecule has 0 aliphatic heterocycles. The largest absolute Gasteiger partial charge is 0.269 e. The third kappa shape index (κ3) is 3.84. The fourth-order valence-corrected chi connectivity index (χ4v) is 2.91. The lowest BCUT2D eigenvalue weighted by atomic mass is 9.96. The highest BCUT2D eigenvalue weighted by Crippen LogP contribution is 2.27. The van der Waals surface area contributed by atoms with Crippen LogP contribution in [0.1, 0.15) is 64.1 Å². The molecule has 2 nitrogen and oxygen atoms in total. The normalized spacial score (nSPS) is 19.3. The lowest BCUT2D eigenvalue weighted by Crippen LogP contribution is -2.14. The number of alkyl halides is 1. The van der Waals surface area contributed by atoms with Crippen LogP contribution in [0.2, 0.25) is 0 Å². The van der Waals surface area contributed by atoms with Crippen LogP contribution in [-0.4, -0.2) is 14.6 Å². The summed E-state index contributed by atoms with van der Waals surface area (Å²) in [4.78, 5) is 0.609. The summed E-state index contributed by atoms with van der Waals surface area (Å²) in [5, 5.41) is 4.76. The van der Waals surface area contributed by atoms with Gasteiger partial charge in [0.25, 0.3) is 0 Å². The van der Waals surface area contributed by atoms with E-state index in [4.69, 9.17) is 5.10 Å². The van der Waals surface area contributed by atoms with E-state index in [-0.39, 0.29) is 0 Å². The number of rotatable bonds is 5. The second-order valence-electron chi connectivity index (χ2n) is 5.88. The number of aryl methyl sites for hydroxylation is 1. The average Bonchev–Trinajstić information content (AvgIpc) is 2.85. The van der Waals surface area contributed by atoms with E-state index in [2.05, 4.69) is 46.7 Å². The van der Waals surface area contributed by atoms with Gasteiger partial charge in [0.2, 0.25) is 0 Å². The first-order valence-corrected chi connectivity index (χ1v) is 8.26. The third-order valence-electron chi connectivity index (χ3n) is 4.01. The van der Waals surface area contributed by atoms with Crippen molar-refractivity contribution in [3.8, 4) is 0 Å². The van der Waals surface area contributed by atoms with Crippen molar-refractivity contribution in [2.24, 2.45) is 5.92 Å². The molecular weight excluding hydrogens is 288 g/mol. The summed E-state index contributed by atoms with van der Waals surface area (Å²) < 4.78 is 2.22. The Balaban J connectivity index is 1.85. The number of halogens is 1. The molecule has 1 aliphatic rings. The maximum atomic E-state index is 4.76. The summed E-state index contributed by atoms with van der Waals surface area (Å²) in [5.41, 5.74) is 1.26. The minimum atomic E-state index is 0.609. The average molecular weight is 313 g/mol. The molecule has 0 spiro atoms. The van der Waals surface area contributed by atoms with Crippen LogP contribution in [0.4, 0.5) is 0 Å². The first-order chi connectivity index (χ1) is 8.66. The quantitative estimate of drug-likeness (QED) is 0.718. The van der Waals surface area contributed by atoms with Gasteiger partial charge in [-0.3, -0.25) is 4.68 Å². The first-order valence-electron chi connectivity index (χ1n) is 7.35. The van der Waals surface area contributed by atoms with Crippen LogP contribution in [0.25, 0.3) is 0 Å². The zero-order chi connectivity index (χ0) is 13.0. The highest BCUT2D eigenvalue weighted by molar-refractivity contribution is 9.09. The molecule has 1 aliphatic carbocycles. The molecule has 3 heteroatoms. The molecule has 2 rings (SSSR count). The van der Waals surface area contributed by atoms with Crippen LogP contribution in [0.5, 0.6) is 0 Å². The fourth-order valence-electron chi connectivity index (χ4n) is 2.68. The van der Waals surface area contributed by atoms with E-state index in [0.717, 1.165) is 6.42 Å². The van der Waals surface area contributed by atoms with Gasteiger partial charge in [0.15, 0.2) is 0 Å². The third-order valence-corrected chi connectivity index (χ3v) is 5.53. The molecule has 1 atom stereocenters. The van der Waals surface area contributed by atoms with Crippen molar-refractivity contribution in [1.82, 2.24) is 9.78 Å². The van der Waals surface area contributed by atoms with Gasteiger partial charge in [-0.25, -0.2) is 0 Å². The van der Waals surface area contributed by atoms with Crippen LogP contribution in [-0.2, 0) is 6.42 Å². The zero-order valence-electron chi connectivity index (χ0n) is 11.6. The Kier molecular flexibility index (Phi) is 5.28. The monoisotopic (exact) mass is 312 g/mol. The molecule has 0 radical (unpaired) electrons. The molecule has 102 valence electrons. The number of aromatic nitrogens is 2. The van der Waals surface area contributed by atoms with Crippen LogP contribution in [0, 0.1) is 5.92 Å². The van der Waals surface area contributed by atoms with Gasteiger partial charge in [0, 0.05) is 11.0 Å². The van der Waals surface area contributed by atoms with Gasteiger partial charge in [-0.2, -0.15) is 5.10 Å². The number of nitrogens with zero attached hydrogens (tertiary/aromatic N) is 2. The number of hydrogen-bond donors (Lipinski definition) is 0. The lowest BCUT2D eigenvalue weighted by Gasteiger charge is -2.21. The van der Waals surface area contributed by atoms with Crippen molar-refractivity contribution in [2.45, 2.75) is 69.7 Å². The molecule has 0 N–H and O–H groups in total. The molecule has 0 bridgehead atoms. The molecule has 0 saturated heterocycles. The van der Waals surface area contributed by atoms with Crippen molar-refractivity contribution in [3.05, 3.63) is 18.0 Å². The predicted octanol–water partition coefficient (Wildman–Crippen LogP) is 4.74. The summed E-state index contributed by atoms with van der Waals surface area (Å²) in [6, 6.07) is 2.87. The molecular formula is C15H25BrN2. The zero-order valence-corrected chi connectivity index (χ0v) is 13.2. The van der Waals surface area contributed by atoms with Crippen molar-refractivity contribution < 1.29 is 0 Å². The Hall–Kier alpha value is -0.310. The van der Waals surface area contributed by atoms with E-state index < -0.39 is 0 Å². The topological polar surface area (TPSA) is 17.8 Å². The summed E-state index contributed by atoms with van der Waals surface area (Å²) >= 11 is 3.75. The summed E-state index contributed by atoms with van der Waals surface area (Å²) in [6.45, 7) is 4.53. The second-order valence-corrected chi connectivity index (χ2v) is 7.05. The number of hydrogen-bond acceptors (Lipinski definition) is 1. The van der Waals surface area contributed by atoms with Gasteiger partial charge < -0.3 is 0 Å². The van der Waals surface area contributed by atoms with Crippen molar-refractivity contribution >= 4 is 15.9 Å². The van der Waals surface area contributed by atoms with E-state index in [0.29, 0.717) is 16.8 Å². The van der Waals surface area contributed by atoms with Crippen LogP contribution in [0.3, 0.4) is 0 Å². The van der Waals surface area contributed by atoms with Gasteiger partial charge >= 0.3 is 0 Å². The molecule has 1 aromatic heterocycles. The van der Waals surface area contributed by atoms with Crippen molar-refractivity contribution in [2.75, 3.05) is 0 Å². The maximum Gasteiger partial charge on any atom is 0.0625 e. The SMILES string of the molecule is CC(C)C(Br)CCc1ccn(C2CCCCC2)n1. The molecule has 1 unspecified atom stereocenters. The second kappa shape index (κ2) is 6.74. The fraction of sp³-hybridized carbons (Fsp3) is 0.800. The highest BCUT2D eigenvalue weighted by atomic mass is 79.9. The van der Waals surface area contributed by atoms with Gasteiger partial charge in [-0.15, -0.1) is 0 Å². The summed E-state index contributed by atoms with van der Waals surface area (Å²) in [6.07, 6.45) is 11.2. The van der Waals surface area contributed by atoms with Crippen molar-refractivity contribution in [3.63, 3.8) is 0 Å². The highest BCUT2D eigenvalue weighted by Gasteiger charge is 2.16. The first kappa shape index (κ1) is 14.1. The Labute approximate surface area is 119 Å². The Morgan fingerprint density at radius 1 is 1.33 bits per heavy atom. The Bertz CT molecular complexity index is 353. The van der Waals surface area contributed by atoms with Gasteiger partial charge in [-0.05, 0) is 37.7 Å². The van der Waals surface area contributed by atoms with Crippen molar-refractivity contribution in [1.29, 1.82) is 0 Å².